The summed E-state index contributed by atoms with van der Waals surface area (Å²) < 4.78 is 0. The number of carbonyl (C=O) groups is 2. The molecule has 0 atom stereocenters. The second-order valence-electron chi connectivity index (χ2n) is 8.46. The summed E-state index contributed by atoms with van der Waals surface area (Å²) in [7, 11) is 0. The molecule has 0 unspecified atom stereocenters. The van der Waals surface area contributed by atoms with Crippen LogP contribution in [0.2, 0.25) is 5.02 Å². The summed E-state index contributed by atoms with van der Waals surface area (Å²) in [6.07, 6.45) is 0.832. The molecule has 5 rings (SSSR count). The smallest absolute Gasteiger partial charge is 0.282 e. The second kappa shape index (κ2) is 7.95. The number of rotatable bonds is 3. The number of hydrogen-bond acceptors (Lipinski definition) is 3. The molecule has 5 heteroatoms. The van der Waals surface area contributed by atoms with Crippen LogP contribution in [0, 0.1) is 13.8 Å². The van der Waals surface area contributed by atoms with E-state index in [2.05, 4.69) is 17.0 Å². The zero-order valence-corrected chi connectivity index (χ0v) is 18.8. The average molecular weight is 443 g/mol. The fraction of sp³-hybridized carbons (Fsp3) is 0.185. The van der Waals surface area contributed by atoms with E-state index in [0.717, 1.165) is 17.5 Å². The summed E-state index contributed by atoms with van der Waals surface area (Å²) >= 11 is 6.10. The van der Waals surface area contributed by atoms with Crippen molar-refractivity contribution in [3.05, 3.63) is 105 Å². The minimum absolute atomic E-state index is 0.274. The molecule has 2 heterocycles. The quantitative estimate of drug-likeness (QED) is 0.517. The van der Waals surface area contributed by atoms with Crippen LogP contribution in [-0.2, 0) is 22.6 Å². The second-order valence-corrected chi connectivity index (χ2v) is 8.90. The van der Waals surface area contributed by atoms with Crippen LogP contribution in [0.1, 0.15) is 27.8 Å². The standard InChI is InChI=1S/C27H23ClN2O2/c1-17-13-18(2)15-23(14-17)30-26(31)24(20-7-9-22(28)10-8-20)25(27(30)32)29-12-11-19-5-3-4-6-21(19)16-29/h3-10,13-15H,11-12,16H2,1-2H3. The van der Waals surface area contributed by atoms with Gasteiger partial charge in [-0.15, -0.1) is 0 Å². The van der Waals surface area contributed by atoms with Crippen molar-refractivity contribution in [1.29, 1.82) is 0 Å². The van der Waals surface area contributed by atoms with Crippen LogP contribution in [0.15, 0.2) is 72.4 Å². The first-order valence-corrected chi connectivity index (χ1v) is 11.1. The van der Waals surface area contributed by atoms with Crippen molar-refractivity contribution in [2.45, 2.75) is 26.8 Å². The summed E-state index contributed by atoms with van der Waals surface area (Å²) in [6, 6.07) is 21.2. The average Bonchev–Trinajstić information content (AvgIpc) is 3.03. The molecule has 0 fully saturated rings. The number of halogens is 1. The SMILES string of the molecule is Cc1cc(C)cc(N2C(=O)C(c3ccc(Cl)cc3)=C(N3CCc4ccccc4C3)C2=O)c1. The van der Waals surface area contributed by atoms with Gasteiger partial charge < -0.3 is 4.90 Å². The van der Waals surface area contributed by atoms with Gasteiger partial charge in [0.05, 0.1) is 11.3 Å². The molecule has 0 bridgehead atoms. The monoisotopic (exact) mass is 442 g/mol. The lowest BCUT2D eigenvalue weighted by Gasteiger charge is -2.31. The van der Waals surface area contributed by atoms with E-state index in [1.54, 1.807) is 12.1 Å². The molecule has 4 nitrogen and oxygen atoms in total. The van der Waals surface area contributed by atoms with Crippen molar-refractivity contribution in [1.82, 2.24) is 4.90 Å². The largest absolute Gasteiger partial charge is 0.362 e. The Morgan fingerprint density at radius 2 is 1.47 bits per heavy atom. The van der Waals surface area contributed by atoms with Gasteiger partial charge in [0, 0.05) is 18.1 Å². The Hall–Kier alpha value is -3.37. The first-order chi connectivity index (χ1) is 15.4. The lowest BCUT2D eigenvalue weighted by Crippen LogP contribution is -2.37. The molecular weight excluding hydrogens is 420 g/mol. The van der Waals surface area contributed by atoms with Crippen molar-refractivity contribution in [2.75, 3.05) is 11.4 Å². The Morgan fingerprint density at radius 3 is 2.16 bits per heavy atom. The zero-order chi connectivity index (χ0) is 22.4. The molecule has 2 amide bonds. The zero-order valence-electron chi connectivity index (χ0n) is 18.1. The number of benzene rings is 3. The highest BCUT2D eigenvalue weighted by molar-refractivity contribution is 6.45. The maximum absolute atomic E-state index is 13.8. The maximum atomic E-state index is 13.8. The number of carbonyl (C=O) groups excluding carboxylic acids is 2. The molecule has 0 radical (unpaired) electrons. The molecule has 32 heavy (non-hydrogen) atoms. The normalized spacial score (nSPS) is 16.1. The molecule has 0 spiro atoms. The summed E-state index contributed by atoms with van der Waals surface area (Å²) in [5.41, 5.74) is 6.70. The first kappa shape index (κ1) is 20.5. The molecule has 0 N–H and O–H groups in total. The molecular formula is C27H23ClN2O2. The minimum Gasteiger partial charge on any atom is -0.362 e. The van der Waals surface area contributed by atoms with E-state index in [1.807, 2.05) is 56.3 Å². The predicted molar refractivity (Wildman–Crippen MR) is 127 cm³/mol. The van der Waals surface area contributed by atoms with Crippen LogP contribution in [0.5, 0.6) is 0 Å². The van der Waals surface area contributed by atoms with Crippen LogP contribution < -0.4 is 4.90 Å². The van der Waals surface area contributed by atoms with Gasteiger partial charge in [0.2, 0.25) is 0 Å². The Bertz CT molecular complexity index is 1260. The van der Waals surface area contributed by atoms with Crippen molar-refractivity contribution in [3.8, 4) is 0 Å². The highest BCUT2D eigenvalue weighted by atomic mass is 35.5. The molecule has 2 aliphatic heterocycles. The van der Waals surface area contributed by atoms with Crippen molar-refractivity contribution in [3.63, 3.8) is 0 Å². The Labute approximate surface area is 192 Å². The summed E-state index contributed by atoms with van der Waals surface area (Å²) in [5, 5.41) is 0.589. The number of aryl methyl sites for hydroxylation is 2. The van der Waals surface area contributed by atoms with Gasteiger partial charge in [0.1, 0.15) is 5.70 Å². The third kappa shape index (κ3) is 3.51. The molecule has 2 aliphatic rings. The molecule has 0 saturated heterocycles. The van der Waals surface area contributed by atoms with Crippen molar-refractivity contribution in [2.24, 2.45) is 0 Å². The number of fused-ring (bicyclic) bond motifs is 1. The molecule has 0 saturated carbocycles. The molecule has 0 aliphatic carbocycles. The van der Waals surface area contributed by atoms with Gasteiger partial charge in [-0.25, -0.2) is 4.90 Å². The van der Waals surface area contributed by atoms with E-state index in [9.17, 15) is 9.59 Å². The third-order valence-corrected chi connectivity index (χ3v) is 6.36. The van der Waals surface area contributed by atoms with E-state index >= 15 is 0 Å². The number of hydrogen-bond donors (Lipinski definition) is 0. The predicted octanol–water partition coefficient (Wildman–Crippen LogP) is 5.30. The summed E-state index contributed by atoms with van der Waals surface area (Å²) in [4.78, 5) is 30.9. The van der Waals surface area contributed by atoms with Crippen molar-refractivity contribution >= 4 is 34.7 Å². The van der Waals surface area contributed by atoms with E-state index < -0.39 is 0 Å². The van der Waals surface area contributed by atoms with Crippen LogP contribution >= 0.6 is 11.6 Å². The van der Waals surface area contributed by atoms with E-state index in [-0.39, 0.29) is 11.8 Å². The highest BCUT2D eigenvalue weighted by Crippen LogP contribution is 2.37. The molecule has 3 aromatic carbocycles. The van der Waals surface area contributed by atoms with Crippen LogP contribution in [0.3, 0.4) is 0 Å². The lowest BCUT2D eigenvalue weighted by molar-refractivity contribution is -0.120. The fourth-order valence-electron chi connectivity index (χ4n) is 4.69. The van der Waals surface area contributed by atoms with Gasteiger partial charge in [-0.05, 0) is 72.4 Å². The minimum atomic E-state index is -0.295. The topological polar surface area (TPSA) is 40.6 Å². The fourth-order valence-corrected chi connectivity index (χ4v) is 4.82. The summed E-state index contributed by atoms with van der Waals surface area (Å²) in [6.45, 7) is 5.22. The number of amides is 2. The van der Waals surface area contributed by atoms with E-state index in [0.29, 0.717) is 40.6 Å². The van der Waals surface area contributed by atoms with Crippen molar-refractivity contribution < 1.29 is 9.59 Å². The van der Waals surface area contributed by atoms with Gasteiger partial charge in [-0.1, -0.05) is 54.1 Å². The van der Waals surface area contributed by atoms with E-state index in [4.69, 9.17) is 11.6 Å². The van der Waals surface area contributed by atoms with Gasteiger partial charge >= 0.3 is 0 Å². The number of anilines is 1. The Kier molecular flexibility index (Phi) is 5.10. The van der Waals surface area contributed by atoms with Gasteiger partial charge in [-0.2, -0.15) is 0 Å². The molecule has 3 aromatic rings. The third-order valence-electron chi connectivity index (χ3n) is 6.10. The Balaban J connectivity index is 1.63. The molecule has 0 aromatic heterocycles. The van der Waals surface area contributed by atoms with Gasteiger partial charge in [0.25, 0.3) is 11.8 Å². The lowest BCUT2D eigenvalue weighted by atomic mass is 9.98. The molecule has 160 valence electrons. The van der Waals surface area contributed by atoms with Crippen LogP contribution in [0.4, 0.5) is 5.69 Å². The van der Waals surface area contributed by atoms with Gasteiger partial charge in [0.15, 0.2) is 0 Å². The van der Waals surface area contributed by atoms with Crippen LogP contribution in [0.25, 0.3) is 5.57 Å². The Morgan fingerprint density at radius 1 is 0.812 bits per heavy atom. The van der Waals surface area contributed by atoms with Crippen LogP contribution in [-0.4, -0.2) is 23.3 Å². The summed E-state index contributed by atoms with van der Waals surface area (Å²) in [5.74, 6) is -0.569. The van der Waals surface area contributed by atoms with Gasteiger partial charge in [-0.3, -0.25) is 9.59 Å². The first-order valence-electron chi connectivity index (χ1n) is 10.7. The van der Waals surface area contributed by atoms with E-state index in [1.165, 1.54) is 16.0 Å². The highest BCUT2D eigenvalue weighted by Gasteiger charge is 2.43. The maximum Gasteiger partial charge on any atom is 0.282 e. The number of nitrogens with zero attached hydrogens (tertiary/aromatic N) is 2. The number of imide groups is 1.